The van der Waals surface area contributed by atoms with Gasteiger partial charge in [0.1, 0.15) is 11.5 Å². The van der Waals surface area contributed by atoms with Crippen LogP contribution in [0.1, 0.15) is 139 Å². The monoisotopic (exact) mass is 866 g/mol. The van der Waals surface area contributed by atoms with Gasteiger partial charge in [-0.2, -0.15) is 0 Å². The van der Waals surface area contributed by atoms with Gasteiger partial charge in [0.25, 0.3) is 0 Å². The van der Waals surface area contributed by atoms with E-state index in [1.807, 2.05) is 38.1 Å². The van der Waals surface area contributed by atoms with Crippen LogP contribution in [0.4, 0.5) is 0 Å². The zero-order valence-corrected chi connectivity index (χ0v) is 41.8. The number of thioether (sulfide) groups is 1. The van der Waals surface area contributed by atoms with E-state index in [1.54, 1.807) is 11.8 Å². The number of hydrogen-bond acceptors (Lipinski definition) is 8. The van der Waals surface area contributed by atoms with Gasteiger partial charge in [-0.1, -0.05) is 97.9 Å². The molecule has 0 aliphatic heterocycles. The molecular formula is C46H79ClO7SSi2. The predicted molar refractivity (Wildman–Crippen MR) is 246 cm³/mol. The number of unbranched alkanes of at least 4 members (excludes halogenated alkanes) is 5. The van der Waals surface area contributed by atoms with E-state index in [-0.39, 0.29) is 40.1 Å². The fourth-order valence-corrected chi connectivity index (χ4v) is 10.1. The van der Waals surface area contributed by atoms with E-state index >= 15 is 0 Å². The number of carbonyl (C=O) groups excluding carboxylic acids is 2. The third-order valence-electron chi connectivity index (χ3n) is 12.1. The average Bonchev–Trinajstić information content (AvgIpc) is 3.41. The molecule has 57 heavy (non-hydrogen) atoms. The lowest BCUT2D eigenvalue weighted by atomic mass is 9.87. The van der Waals surface area contributed by atoms with Crippen LogP contribution in [0.25, 0.3) is 0 Å². The van der Waals surface area contributed by atoms with Gasteiger partial charge < -0.3 is 23.1 Å². The SMILES string of the molecule is CCCCC[C@@H](C=C[C@@H]1C(SCCCCCC(=O)OC)=C(OC(=O)C(C)(C)CCCCOc2ccc(Cl)cc2)C[C@H]1O[Si](C)(C)C(C)(C)C)O[Si](C)(C)C(C)(C)C. The smallest absolute Gasteiger partial charge is 0.316 e. The molecule has 1 aliphatic rings. The molecule has 2 rings (SSSR count). The first-order valence-electron chi connectivity index (χ1n) is 21.5. The van der Waals surface area contributed by atoms with Crippen molar-refractivity contribution in [3.63, 3.8) is 0 Å². The average molecular weight is 868 g/mol. The minimum Gasteiger partial charge on any atom is -0.494 e. The summed E-state index contributed by atoms with van der Waals surface area (Å²) in [5.74, 6) is 1.94. The first kappa shape index (κ1) is 51.6. The predicted octanol–water partition coefficient (Wildman–Crippen LogP) is 14.1. The molecule has 0 bridgehead atoms. The summed E-state index contributed by atoms with van der Waals surface area (Å²) in [5.41, 5.74) is -0.679. The van der Waals surface area contributed by atoms with Gasteiger partial charge >= 0.3 is 11.9 Å². The Balaban J connectivity index is 2.44. The van der Waals surface area contributed by atoms with E-state index in [9.17, 15) is 9.59 Å². The Labute approximate surface area is 359 Å². The largest absolute Gasteiger partial charge is 0.494 e. The number of ether oxygens (including phenoxy) is 3. The summed E-state index contributed by atoms with van der Waals surface area (Å²) in [7, 11) is -2.81. The van der Waals surface area contributed by atoms with Crippen molar-refractivity contribution in [3.8, 4) is 5.75 Å². The number of esters is 2. The lowest BCUT2D eigenvalue weighted by Gasteiger charge is -2.40. The third kappa shape index (κ3) is 17.5. The molecule has 0 fully saturated rings. The molecule has 0 radical (unpaired) electrons. The fourth-order valence-electron chi connectivity index (χ4n) is 6.08. The van der Waals surface area contributed by atoms with Gasteiger partial charge in [-0.05, 0) is 119 Å². The molecule has 0 N–H and O–H groups in total. The maximum Gasteiger partial charge on any atom is 0.316 e. The number of rotatable bonds is 25. The van der Waals surface area contributed by atoms with Crippen LogP contribution in [0, 0.1) is 11.3 Å². The first-order valence-corrected chi connectivity index (χ1v) is 28.7. The van der Waals surface area contributed by atoms with Crippen LogP contribution in [-0.4, -0.2) is 60.3 Å². The number of methoxy groups -OCH3 is 1. The normalized spacial score (nSPS) is 17.7. The van der Waals surface area contributed by atoms with Gasteiger partial charge in [0.2, 0.25) is 0 Å². The van der Waals surface area contributed by atoms with Crippen LogP contribution in [0.15, 0.2) is 47.1 Å². The minimum absolute atomic E-state index is 0.00439. The van der Waals surface area contributed by atoms with Crippen LogP contribution in [0.3, 0.4) is 0 Å². The van der Waals surface area contributed by atoms with Crippen LogP contribution >= 0.6 is 23.4 Å². The van der Waals surface area contributed by atoms with E-state index in [1.165, 1.54) is 13.5 Å². The van der Waals surface area contributed by atoms with Gasteiger partial charge in [0.05, 0.1) is 31.3 Å². The van der Waals surface area contributed by atoms with Gasteiger partial charge in [0.15, 0.2) is 16.6 Å². The van der Waals surface area contributed by atoms with Crippen molar-refractivity contribution in [1.29, 1.82) is 0 Å². The number of carbonyl (C=O) groups is 2. The second-order valence-corrected chi connectivity index (χ2v) is 30.6. The van der Waals surface area contributed by atoms with Crippen molar-refractivity contribution < 1.29 is 32.7 Å². The summed E-state index contributed by atoms with van der Waals surface area (Å²) in [4.78, 5) is 26.9. The van der Waals surface area contributed by atoms with Crippen LogP contribution in [0.5, 0.6) is 5.75 Å². The van der Waals surface area contributed by atoms with Crippen LogP contribution in [0.2, 0.25) is 41.3 Å². The topological polar surface area (TPSA) is 80.3 Å². The molecule has 0 spiro atoms. The van der Waals surface area contributed by atoms with E-state index in [4.69, 9.17) is 34.7 Å². The Morgan fingerprint density at radius 3 is 2.12 bits per heavy atom. The highest BCUT2D eigenvalue weighted by Crippen LogP contribution is 2.48. The van der Waals surface area contributed by atoms with Crippen molar-refractivity contribution in [3.05, 3.63) is 52.1 Å². The molecular weight excluding hydrogens is 788 g/mol. The maximum atomic E-state index is 14.1. The van der Waals surface area contributed by atoms with Crippen molar-refractivity contribution in [2.45, 2.75) is 188 Å². The van der Waals surface area contributed by atoms with E-state index in [0.29, 0.717) is 30.9 Å². The maximum absolute atomic E-state index is 14.1. The van der Waals surface area contributed by atoms with Gasteiger partial charge in [-0.15, -0.1) is 11.8 Å². The Bertz CT molecular complexity index is 1440. The molecule has 0 saturated carbocycles. The summed E-state index contributed by atoms with van der Waals surface area (Å²) in [6.07, 6.45) is 14.9. The molecule has 0 heterocycles. The van der Waals surface area contributed by atoms with E-state index < -0.39 is 22.0 Å². The van der Waals surface area contributed by atoms with Crippen LogP contribution in [-0.2, 0) is 27.9 Å². The van der Waals surface area contributed by atoms with Gasteiger partial charge in [0, 0.05) is 28.7 Å². The summed E-state index contributed by atoms with van der Waals surface area (Å²) < 4.78 is 31.6. The highest BCUT2D eigenvalue weighted by Gasteiger charge is 2.46. The second-order valence-electron chi connectivity index (χ2n) is 19.5. The summed E-state index contributed by atoms with van der Waals surface area (Å²) >= 11 is 7.80. The van der Waals surface area contributed by atoms with Gasteiger partial charge in [-0.25, -0.2) is 0 Å². The number of halogens is 1. The Morgan fingerprint density at radius 1 is 0.877 bits per heavy atom. The summed E-state index contributed by atoms with van der Waals surface area (Å²) in [5, 5.41) is 0.790. The molecule has 0 aromatic heterocycles. The molecule has 7 nitrogen and oxygen atoms in total. The molecule has 11 heteroatoms. The summed E-state index contributed by atoms with van der Waals surface area (Å²) in [6, 6.07) is 7.39. The number of benzene rings is 1. The lowest BCUT2D eigenvalue weighted by molar-refractivity contribution is -0.150. The molecule has 0 amide bonds. The van der Waals surface area contributed by atoms with Crippen molar-refractivity contribution >= 4 is 51.9 Å². The zero-order valence-electron chi connectivity index (χ0n) is 38.2. The molecule has 326 valence electrons. The first-order chi connectivity index (χ1) is 26.4. The standard InChI is InChI=1S/C46H79ClO7SSi2/c1-15-16-18-23-37(53-56(11,12)44(2,3)4)29-30-38-39(54-57(13,14)45(5,6)7)34-40(42(38)55-33-22-17-19-24-41(48)50-10)52-43(49)46(8,9)31-20-21-32-51-36-27-25-35(47)26-28-36/h25-30,37-39H,15-24,31-34H2,1-14H3/t37-,38-,39+/m0/s1. The van der Waals surface area contributed by atoms with Crippen molar-refractivity contribution in [2.24, 2.45) is 11.3 Å². The zero-order chi connectivity index (χ0) is 43.1. The van der Waals surface area contributed by atoms with Crippen molar-refractivity contribution in [1.82, 2.24) is 0 Å². The molecule has 1 aliphatic carbocycles. The second kappa shape index (κ2) is 23.4. The molecule has 1 aromatic carbocycles. The molecule has 3 atom stereocenters. The van der Waals surface area contributed by atoms with E-state index in [0.717, 1.165) is 73.5 Å². The van der Waals surface area contributed by atoms with Crippen LogP contribution < -0.4 is 4.74 Å². The third-order valence-corrected chi connectivity index (χ3v) is 22.6. The molecule has 0 saturated heterocycles. The Hall–Kier alpha value is -1.57. The fraction of sp³-hybridized carbons (Fsp3) is 0.739. The van der Waals surface area contributed by atoms with E-state index in [2.05, 4.69) is 86.8 Å². The van der Waals surface area contributed by atoms with Gasteiger partial charge in [-0.3, -0.25) is 9.59 Å². The number of hydrogen-bond donors (Lipinski definition) is 0. The highest BCUT2D eigenvalue weighted by atomic mass is 35.5. The Kier molecular flexibility index (Phi) is 21.2. The quantitative estimate of drug-likeness (QED) is 0.0416. The molecule has 1 aromatic rings. The minimum atomic E-state index is -2.21. The highest BCUT2D eigenvalue weighted by molar-refractivity contribution is 8.03. The molecule has 0 unspecified atom stereocenters. The van der Waals surface area contributed by atoms with Crippen molar-refractivity contribution in [2.75, 3.05) is 19.5 Å². The Morgan fingerprint density at radius 2 is 1.53 bits per heavy atom. The lowest BCUT2D eigenvalue weighted by Crippen LogP contribution is -2.45. The summed E-state index contributed by atoms with van der Waals surface area (Å²) in [6.45, 7) is 29.8.